The second-order valence-electron chi connectivity index (χ2n) is 3.24. The molecule has 0 amide bonds. The first kappa shape index (κ1) is 15.4. The zero-order valence-corrected chi connectivity index (χ0v) is 9.69. The van der Waals surface area contributed by atoms with E-state index in [2.05, 4.69) is 14.8 Å². The van der Waals surface area contributed by atoms with E-state index in [0.717, 1.165) is 6.08 Å². The quantitative estimate of drug-likeness (QED) is 0.217. The first-order valence-electron chi connectivity index (χ1n) is 5.33. The molecule has 0 rings (SSSR count). The van der Waals surface area contributed by atoms with E-state index in [1.54, 1.807) is 6.92 Å². The number of carbonyl (C=O) groups excluding carboxylic acids is 1. The van der Waals surface area contributed by atoms with E-state index in [9.17, 15) is 9.90 Å². The first-order chi connectivity index (χ1) is 8.15. The zero-order chi connectivity index (χ0) is 13.1. The van der Waals surface area contributed by atoms with Gasteiger partial charge in [-0.3, -0.25) is 0 Å². The Labute approximate surface area is 99.3 Å². The van der Waals surface area contributed by atoms with Crippen LogP contribution in [-0.4, -0.2) is 41.5 Å². The summed E-state index contributed by atoms with van der Waals surface area (Å²) >= 11 is 0. The standard InChI is InChI=1S/C10H17N3O4/c1-2-17-10(16)6-5-8(12-13-11)9(15)4-3-7-14/h5-6,8-9,14-15H,2-4,7H2,1H3/b6-5+/t8-,9-/m1/s1. The van der Waals surface area contributed by atoms with Gasteiger partial charge in [0.05, 0.1) is 18.8 Å². The van der Waals surface area contributed by atoms with Crippen molar-refractivity contribution in [3.05, 3.63) is 22.6 Å². The Bertz CT molecular complexity index is 300. The number of ether oxygens (including phenoxy) is 1. The molecule has 0 aliphatic rings. The Balaban J connectivity index is 4.41. The van der Waals surface area contributed by atoms with Gasteiger partial charge in [-0.2, -0.15) is 0 Å². The Kier molecular flexibility index (Phi) is 8.77. The summed E-state index contributed by atoms with van der Waals surface area (Å²) in [4.78, 5) is 13.6. The van der Waals surface area contributed by atoms with Crippen LogP contribution in [0.25, 0.3) is 10.4 Å². The Morgan fingerprint density at radius 1 is 1.65 bits per heavy atom. The molecule has 2 atom stereocenters. The van der Waals surface area contributed by atoms with Crippen molar-refractivity contribution >= 4 is 5.97 Å². The average Bonchev–Trinajstić information content (AvgIpc) is 2.31. The molecule has 0 unspecified atom stereocenters. The number of rotatable bonds is 8. The van der Waals surface area contributed by atoms with E-state index in [0.29, 0.717) is 6.42 Å². The molecule has 0 aliphatic heterocycles. The maximum Gasteiger partial charge on any atom is 0.330 e. The molecule has 0 bridgehead atoms. The third-order valence-corrected chi connectivity index (χ3v) is 1.95. The minimum atomic E-state index is -0.927. The summed E-state index contributed by atoms with van der Waals surface area (Å²) in [5.74, 6) is -0.556. The van der Waals surface area contributed by atoms with Gasteiger partial charge < -0.3 is 14.9 Å². The molecular formula is C10H17N3O4. The smallest absolute Gasteiger partial charge is 0.330 e. The Morgan fingerprint density at radius 3 is 2.88 bits per heavy atom. The molecule has 0 saturated carbocycles. The van der Waals surface area contributed by atoms with Crippen LogP contribution in [0.1, 0.15) is 19.8 Å². The van der Waals surface area contributed by atoms with Gasteiger partial charge in [0, 0.05) is 17.6 Å². The lowest BCUT2D eigenvalue weighted by atomic mass is 10.1. The fraction of sp³-hybridized carbons (Fsp3) is 0.700. The molecule has 0 fully saturated rings. The molecule has 0 aromatic carbocycles. The highest BCUT2D eigenvalue weighted by Crippen LogP contribution is 2.08. The summed E-state index contributed by atoms with van der Waals surface area (Å²) in [6.45, 7) is 1.87. The lowest BCUT2D eigenvalue weighted by Gasteiger charge is -2.13. The molecule has 0 aromatic heterocycles. The van der Waals surface area contributed by atoms with Crippen molar-refractivity contribution in [1.82, 2.24) is 0 Å². The number of hydrogen-bond donors (Lipinski definition) is 2. The number of azide groups is 1. The normalized spacial score (nSPS) is 14.1. The van der Waals surface area contributed by atoms with Gasteiger partial charge in [-0.1, -0.05) is 11.2 Å². The SMILES string of the molecule is CCOC(=O)/C=C/[C@@H](N=[N+]=[N-])[C@H](O)CCCO. The maximum absolute atomic E-state index is 11.0. The molecular weight excluding hydrogens is 226 g/mol. The molecule has 0 heterocycles. The number of esters is 1. The van der Waals surface area contributed by atoms with Crippen LogP contribution in [-0.2, 0) is 9.53 Å². The highest BCUT2D eigenvalue weighted by molar-refractivity contribution is 5.82. The van der Waals surface area contributed by atoms with Crippen LogP contribution in [0.3, 0.4) is 0 Å². The molecule has 96 valence electrons. The van der Waals surface area contributed by atoms with Crippen molar-refractivity contribution in [3.63, 3.8) is 0 Å². The summed E-state index contributed by atoms with van der Waals surface area (Å²) in [6.07, 6.45) is 2.16. The van der Waals surface area contributed by atoms with E-state index in [1.807, 2.05) is 0 Å². The van der Waals surface area contributed by atoms with Crippen LogP contribution in [0.5, 0.6) is 0 Å². The fourth-order valence-corrected chi connectivity index (χ4v) is 1.14. The third-order valence-electron chi connectivity index (χ3n) is 1.95. The second-order valence-corrected chi connectivity index (χ2v) is 3.24. The van der Waals surface area contributed by atoms with Gasteiger partial charge in [0.2, 0.25) is 0 Å². The summed E-state index contributed by atoms with van der Waals surface area (Å²) in [5, 5.41) is 21.6. The average molecular weight is 243 g/mol. The van der Waals surface area contributed by atoms with Crippen LogP contribution in [0.4, 0.5) is 0 Å². The number of carbonyl (C=O) groups is 1. The van der Waals surface area contributed by atoms with Gasteiger partial charge in [0.25, 0.3) is 0 Å². The maximum atomic E-state index is 11.0. The monoisotopic (exact) mass is 243 g/mol. The predicted octanol–water partition coefficient (Wildman–Crippen LogP) is 0.918. The Morgan fingerprint density at radius 2 is 2.35 bits per heavy atom. The molecule has 7 heteroatoms. The number of hydrogen-bond acceptors (Lipinski definition) is 5. The Hall–Kier alpha value is -1.56. The molecule has 0 radical (unpaired) electrons. The van der Waals surface area contributed by atoms with Crippen molar-refractivity contribution in [2.45, 2.75) is 31.9 Å². The fourth-order valence-electron chi connectivity index (χ4n) is 1.14. The van der Waals surface area contributed by atoms with Crippen molar-refractivity contribution in [2.75, 3.05) is 13.2 Å². The van der Waals surface area contributed by atoms with Crippen LogP contribution >= 0.6 is 0 Å². The third kappa shape index (κ3) is 7.35. The number of nitrogens with zero attached hydrogens (tertiary/aromatic N) is 3. The summed E-state index contributed by atoms with van der Waals surface area (Å²) in [6, 6.07) is -0.837. The van der Waals surface area contributed by atoms with Gasteiger partial charge >= 0.3 is 5.97 Å². The number of aliphatic hydroxyl groups is 2. The lowest BCUT2D eigenvalue weighted by Crippen LogP contribution is -2.22. The molecule has 0 aliphatic carbocycles. The van der Waals surface area contributed by atoms with E-state index < -0.39 is 18.1 Å². The minimum absolute atomic E-state index is 0.0539. The molecule has 7 nitrogen and oxygen atoms in total. The van der Waals surface area contributed by atoms with Gasteiger partial charge in [-0.15, -0.1) is 0 Å². The zero-order valence-electron chi connectivity index (χ0n) is 9.69. The predicted molar refractivity (Wildman–Crippen MR) is 61.0 cm³/mol. The van der Waals surface area contributed by atoms with Crippen molar-refractivity contribution in [2.24, 2.45) is 5.11 Å². The summed E-state index contributed by atoms with van der Waals surface area (Å²) < 4.78 is 4.65. The molecule has 17 heavy (non-hydrogen) atoms. The van der Waals surface area contributed by atoms with Crippen LogP contribution in [0, 0.1) is 0 Å². The molecule has 2 N–H and O–H groups in total. The first-order valence-corrected chi connectivity index (χ1v) is 5.33. The van der Waals surface area contributed by atoms with E-state index >= 15 is 0 Å². The molecule has 0 spiro atoms. The van der Waals surface area contributed by atoms with Gasteiger partial charge in [-0.05, 0) is 25.3 Å². The number of aliphatic hydroxyl groups excluding tert-OH is 2. The molecule has 0 saturated heterocycles. The van der Waals surface area contributed by atoms with Crippen LogP contribution in [0.15, 0.2) is 17.3 Å². The largest absolute Gasteiger partial charge is 0.463 e. The van der Waals surface area contributed by atoms with Gasteiger partial charge in [0.15, 0.2) is 0 Å². The van der Waals surface area contributed by atoms with E-state index in [-0.39, 0.29) is 19.6 Å². The topological polar surface area (TPSA) is 116 Å². The van der Waals surface area contributed by atoms with Crippen molar-refractivity contribution in [1.29, 1.82) is 0 Å². The summed E-state index contributed by atoms with van der Waals surface area (Å²) in [7, 11) is 0. The lowest BCUT2D eigenvalue weighted by molar-refractivity contribution is -0.137. The van der Waals surface area contributed by atoms with Crippen LogP contribution in [0.2, 0.25) is 0 Å². The van der Waals surface area contributed by atoms with Crippen molar-refractivity contribution < 1.29 is 19.7 Å². The second kappa shape index (κ2) is 9.65. The molecule has 0 aromatic rings. The van der Waals surface area contributed by atoms with Crippen LogP contribution < -0.4 is 0 Å². The highest BCUT2D eigenvalue weighted by Gasteiger charge is 2.14. The van der Waals surface area contributed by atoms with E-state index in [4.69, 9.17) is 10.6 Å². The van der Waals surface area contributed by atoms with E-state index in [1.165, 1.54) is 6.08 Å². The minimum Gasteiger partial charge on any atom is -0.463 e. The van der Waals surface area contributed by atoms with Crippen molar-refractivity contribution in [3.8, 4) is 0 Å². The van der Waals surface area contributed by atoms with Gasteiger partial charge in [0.1, 0.15) is 0 Å². The van der Waals surface area contributed by atoms with Gasteiger partial charge in [-0.25, -0.2) is 4.79 Å². The highest BCUT2D eigenvalue weighted by atomic mass is 16.5. The summed E-state index contributed by atoms with van der Waals surface area (Å²) in [5.41, 5.74) is 8.33.